The van der Waals surface area contributed by atoms with E-state index in [0.717, 1.165) is 89.9 Å². The van der Waals surface area contributed by atoms with E-state index in [1.807, 2.05) is 0 Å². The van der Waals surface area contributed by atoms with Crippen LogP contribution in [0, 0.1) is 0 Å². The second-order valence-corrected chi connectivity index (χ2v) is 21.8. The maximum atomic E-state index is 11.4. The van der Waals surface area contributed by atoms with Gasteiger partial charge < -0.3 is 129 Å². The summed E-state index contributed by atoms with van der Waals surface area (Å²) in [6.07, 6.45) is -23.5. The first-order valence-electron chi connectivity index (χ1n) is 29.5. The molecule has 4 rings (SSSR count). The molecule has 16 N–H and O–H groups in total. The van der Waals surface area contributed by atoms with Crippen LogP contribution in [0.4, 0.5) is 0 Å². The molecule has 0 radical (unpaired) electrons. The van der Waals surface area contributed by atoms with Gasteiger partial charge in [0.05, 0.1) is 39.6 Å². The van der Waals surface area contributed by atoms with E-state index in [0.29, 0.717) is 25.7 Å². The van der Waals surface area contributed by atoms with E-state index < -0.39 is 187 Å². The van der Waals surface area contributed by atoms with Crippen molar-refractivity contribution in [2.75, 3.05) is 52.9 Å². The van der Waals surface area contributed by atoms with Gasteiger partial charge in [-0.1, -0.05) is 129 Å². The van der Waals surface area contributed by atoms with E-state index in [4.69, 9.17) is 47.4 Å². The van der Waals surface area contributed by atoms with Crippen LogP contribution in [-0.2, 0) is 47.4 Å². The molecule has 474 valence electrons. The molecule has 26 heteroatoms. The predicted molar refractivity (Wildman–Crippen MR) is 280 cm³/mol. The third-order valence-corrected chi connectivity index (χ3v) is 15.5. The summed E-state index contributed by atoms with van der Waals surface area (Å²) >= 11 is 0. The van der Waals surface area contributed by atoms with Gasteiger partial charge in [-0.3, -0.25) is 0 Å². The lowest BCUT2D eigenvalue weighted by Crippen LogP contribution is -2.63. The molecule has 26 nitrogen and oxygen atoms in total. The molecule has 0 aromatic heterocycles. The number of rotatable bonds is 41. The average Bonchev–Trinajstić information content (AvgIpc) is 3.48. The van der Waals surface area contributed by atoms with E-state index in [-0.39, 0.29) is 13.2 Å². The molecule has 0 aromatic rings. The quantitative estimate of drug-likeness (QED) is 0.0284. The van der Waals surface area contributed by atoms with Gasteiger partial charge in [-0.2, -0.15) is 0 Å². The van der Waals surface area contributed by atoms with Crippen molar-refractivity contribution >= 4 is 0 Å². The molecule has 4 heterocycles. The standard InChI is InChI=1S/C54H102O26/c1-3-5-7-9-11-13-15-17-19-21-23-71-49(35(79-53-47(69)43(65)39(61)33(27-57)77-53)29-73-51-45(67)41(63)37(59)31(25-55)75-51)50(72-24-22-20-18-16-14-12-10-8-6-4-2)36(80-54-48(70)44(66)40(62)34(28-58)78-54)30-74-52-46(68)42(64)38(60)32(26-56)76-52/h31-70H,3-30H2,1-2H3/t31?,32?,33?,34?,35-,36-,37+,38+,39+,40+,41-,42-,43-,44-,45?,46?,47?,48?,49-,50-,51+,52+,53-,54-/m0/s1. The second kappa shape index (κ2) is 38.9. The van der Waals surface area contributed by atoms with Crippen LogP contribution in [0.3, 0.4) is 0 Å². The van der Waals surface area contributed by atoms with Gasteiger partial charge in [0, 0.05) is 13.2 Å². The van der Waals surface area contributed by atoms with Gasteiger partial charge in [-0.25, -0.2) is 0 Å². The minimum atomic E-state index is -2.02. The Bertz CT molecular complexity index is 1450. The molecular formula is C54H102O26. The molecule has 8 unspecified atom stereocenters. The van der Waals surface area contributed by atoms with Gasteiger partial charge in [0.25, 0.3) is 0 Å². The summed E-state index contributed by atoms with van der Waals surface area (Å²) in [5.74, 6) is 0. The van der Waals surface area contributed by atoms with Crippen molar-refractivity contribution in [1.82, 2.24) is 0 Å². The number of ether oxygens (including phenoxy) is 10. The summed E-state index contributed by atoms with van der Waals surface area (Å²) in [5.41, 5.74) is 0. The Morgan fingerprint density at radius 1 is 0.300 bits per heavy atom. The zero-order valence-corrected chi connectivity index (χ0v) is 46.9. The lowest BCUT2D eigenvalue weighted by molar-refractivity contribution is -0.351. The zero-order chi connectivity index (χ0) is 58.7. The van der Waals surface area contributed by atoms with Crippen molar-refractivity contribution < 1.29 is 129 Å². The highest BCUT2D eigenvalue weighted by Crippen LogP contribution is 2.32. The van der Waals surface area contributed by atoms with Gasteiger partial charge in [0.1, 0.15) is 122 Å². The van der Waals surface area contributed by atoms with Crippen LogP contribution >= 0.6 is 0 Å². The molecule has 0 spiro atoms. The normalized spacial score (nSPS) is 36.7. The molecule has 0 bridgehead atoms. The fourth-order valence-electron chi connectivity index (χ4n) is 10.4. The molecule has 4 saturated heterocycles. The first-order valence-corrected chi connectivity index (χ1v) is 29.5. The van der Waals surface area contributed by atoms with Crippen LogP contribution in [-0.4, -0.2) is 282 Å². The number of unbranched alkanes of at least 4 members (excludes halogenated alkanes) is 18. The fourth-order valence-corrected chi connectivity index (χ4v) is 10.4. The third kappa shape index (κ3) is 21.7. The monoisotopic (exact) mass is 1170 g/mol. The van der Waals surface area contributed by atoms with Crippen molar-refractivity contribution in [2.24, 2.45) is 0 Å². The van der Waals surface area contributed by atoms with Crippen LogP contribution in [0.5, 0.6) is 0 Å². The van der Waals surface area contributed by atoms with Crippen molar-refractivity contribution in [3.8, 4) is 0 Å². The van der Waals surface area contributed by atoms with Crippen molar-refractivity contribution in [2.45, 2.75) is 290 Å². The highest BCUT2D eigenvalue weighted by molar-refractivity contribution is 4.96. The maximum absolute atomic E-state index is 11.4. The molecule has 0 saturated carbocycles. The summed E-state index contributed by atoms with van der Waals surface area (Å²) in [5, 5.41) is 172. The van der Waals surface area contributed by atoms with Gasteiger partial charge in [0.2, 0.25) is 0 Å². The summed E-state index contributed by atoms with van der Waals surface area (Å²) in [4.78, 5) is 0. The first kappa shape index (κ1) is 71.4. The fraction of sp³-hybridized carbons (Fsp3) is 1.00. The van der Waals surface area contributed by atoms with Crippen LogP contribution in [0.1, 0.15) is 142 Å². The van der Waals surface area contributed by atoms with Gasteiger partial charge in [-0.05, 0) is 12.8 Å². The van der Waals surface area contributed by atoms with Gasteiger partial charge in [0.15, 0.2) is 25.2 Å². The Balaban J connectivity index is 1.83. The van der Waals surface area contributed by atoms with Gasteiger partial charge >= 0.3 is 0 Å². The van der Waals surface area contributed by atoms with Crippen LogP contribution in [0.25, 0.3) is 0 Å². The Hall–Kier alpha value is -1.04. The highest BCUT2D eigenvalue weighted by atomic mass is 16.8. The minimum Gasteiger partial charge on any atom is -0.394 e. The van der Waals surface area contributed by atoms with E-state index in [9.17, 15) is 81.7 Å². The van der Waals surface area contributed by atoms with E-state index >= 15 is 0 Å². The molecule has 4 aliphatic rings. The second-order valence-electron chi connectivity index (χ2n) is 21.8. The number of hydrogen-bond donors (Lipinski definition) is 16. The lowest BCUT2D eigenvalue weighted by atomic mass is 9.97. The van der Waals surface area contributed by atoms with Crippen LogP contribution in [0.2, 0.25) is 0 Å². The van der Waals surface area contributed by atoms with Crippen molar-refractivity contribution in [1.29, 1.82) is 0 Å². The highest BCUT2D eigenvalue weighted by Gasteiger charge is 2.52. The summed E-state index contributed by atoms with van der Waals surface area (Å²) in [6, 6.07) is 0. The van der Waals surface area contributed by atoms with E-state index in [2.05, 4.69) is 13.8 Å². The molecule has 0 aromatic carbocycles. The summed E-state index contributed by atoms with van der Waals surface area (Å²) in [7, 11) is 0. The summed E-state index contributed by atoms with van der Waals surface area (Å²) < 4.78 is 61.5. The number of hydrogen-bond acceptors (Lipinski definition) is 26. The first-order chi connectivity index (χ1) is 38.5. The Labute approximate surface area is 470 Å². The largest absolute Gasteiger partial charge is 0.394 e. The third-order valence-electron chi connectivity index (χ3n) is 15.5. The van der Waals surface area contributed by atoms with Crippen LogP contribution < -0.4 is 0 Å². The molecule has 80 heavy (non-hydrogen) atoms. The smallest absolute Gasteiger partial charge is 0.187 e. The summed E-state index contributed by atoms with van der Waals surface area (Å²) in [6.45, 7) is -0.722. The van der Waals surface area contributed by atoms with E-state index in [1.54, 1.807) is 0 Å². The molecule has 0 aliphatic carbocycles. The maximum Gasteiger partial charge on any atom is 0.187 e. The molecule has 4 fully saturated rings. The molecule has 24 atom stereocenters. The molecular weight excluding hydrogens is 1060 g/mol. The minimum absolute atomic E-state index is 0.0613. The van der Waals surface area contributed by atoms with Crippen molar-refractivity contribution in [3.05, 3.63) is 0 Å². The Kier molecular flexibility index (Phi) is 34.7. The molecule has 0 amide bonds. The molecule has 4 aliphatic heterocycles. The number of aliphatic hydroxyl groups excluding tert-OH is 16. The van der Waals surface area contributed by atoms with Crippen molar-refractivity contribution in [3.63, 3.8) is 0 Å². The van der Waals surface area contributed by atoms with E-state index in [1.165, 1.54) is 12.8 Å². The van der Waals surface area contributed by atoms with Gasteiger partial charge in [-0.15, -0.1) is 0 Å². The zero-order valence-electron chi connectivity index (χ0n) is 46.9. The Morgan fingerprint density at radius 2 is 0.537 bits per heavy atom. The SMILES string of the molecule is CCCCCCCCCCCCO[C@H]([C@@H](OCCCCCCCCCCCC)[C@H](CO[C@@H]1OC(CO)[C@@H](O)[C@H](O)C1O)O[C@@H]1OC(CO)[C@@H](O)[C@H](O)C1O)[C@H](CO[C@@H]1OC(CO)[C@@H](O)[C@H](O)C1O)O[C@@H]1OC(CO)[C@@H](O)[C@H](O)C1O. The predicted octanol–water partition coefficient (Wildman–Crippen LogP) is -2.40. The average molecular weight is 1170 g/mol. The lowest BCUT2D eigenvalue weighted by Gasteiger charge is -2.46. The topological polar surface area (TPSA) is 416 Å². The van der Waals surface area contributed by atoms with Crippen LogP contribution in [0.15, 0.2) is 0 Å². The number of aliphatic hydroxyl groups is 16. The Morgan fingerprint density at radius 3 is 0.800 bits per heavy atom.